The van der Waals surface area contributed by atoms with Crippen molar-refractivity contribution >= 4 is 29.5 Å². The van der Waals surface area contributed by atoms with Crippen LogP contribution in [-0.2, 0) is 25.6 Å². The Bertz CT molecular complexity index is 1330. The highest BCUT2D eigenvalue weighted by Crippen LogP contribution is 2.19. The van der Waals surface area contributed by atoms with Crippen molar-refractivity contribution in [2.24, 2.45) is 11.8 Å². The van der Waals surface area contributed by atoms with Crippen LogP contribution >= 0.6 is 0 Å². The van der Waals surface area contributed by atoms with Crippen LogP contribution in [0.5, 0.6) is 5.75 Å². The molecule has 0 saturated carbocycles. The monoisotopic (exact) mass is 611 g/mol. The molecule has 11 nitrogen and oxygen atoms in total. The molecule has 2 aromatic carbocycles. The van der Waals surface area contributed by atoms with Crippen LogP contribution in [0.4, 0.5) is 4.39 Å². The summed E-state index contributed by atoms with van der Waals surface area (Å²) in [5, 5.41) is 13.6. The van der Waals surface area contributed by atoms with E-state index in [-0.39, 0.29) is 42.1 Å². The minimum atomic E-state index is -1.29. The van der Waals surface area contributed by atoms with Crippen LogP contribution in [-0.4, -0.2) is 66.9 Å². The Balaban J connectivity index is 1.89. The second-order valence-electron chi connectivity index (χ2n) is 11.6. The molecule has 1 aliphatic rings. The van der Waals surface area contributed by atoms with E-state index in [2.05, 4.69) is 26.6 Å². The van der Waals surface area contributed by atoms with Gasteiger partial charge in [-0.25, -0.2) is 4.39 Å². The lowest BCUT2D eigenvalue weighted by Gasteiger charge is -2.28. The number of halogens is 1. The molecule has 0 fully saturated rings. The van der Waals surface area contributed by atoms with E-state index >= 15 is 0 Å². The van der Waals surface area contributed by atoms with Crippen LogP contribution in [0.3, 0.4) is 0 Å². The minimum Gasteiger partial charge on any atom is -0.491 e. The van der Waals surface area contributed by atoms with E-state index in [9.17, 15) is 28.4 Å². The van der Waals surface area contributed by atoms with Gasteiger partial charge in [-0.3, -0.25) is 24.0 Å². The minimum absolute atomic E-state index is 0.0246. The third-order valence-corrected chi connectivity index (χ3v) is 7.16. The predicted octanol–water partition coefficient (Wildman–Crippen LogP) is 1.85. The molecule has 0 saturated heterocycles. The van der Waals surface area contributed by atoms with Gasteiger partial charge in [0.25, 0.3) is 5.91 Å². The lowest BCUT2D eigenvalue weighted by Crippen LogP contribution is -2.58. The fraction of sp³-hybridized carbons (Fsp3) is 0.469. The van der Waals surface area contributed by atoms with Crippen LogP contribution < -0.4 is 31.3 Å². The summed E-state index contributed by atoms with van der Waals surface area (Å²) < 4.78 is 19.1. The molecule has 44 heavy (non-hydrogen) atoms. The number of amides is 5. The number of hydrogen-bond donors (Lipinski definition) is 5. The van der Waals surface area contributed by atoms with E-state index in [1.165, 1.54) is 18.2 Å². The molecule has 0 spiro atoms. The second kappa shape index (κ2) is 15.8. The van der Waals surface area contributed by atoms with Crippen LogP contribution in [0.1, 0.15) is 57.0 Å². The Morgan fingerprint density at radius 2 is 1.50 bits per heavy atom. The lowest BCUT2D eigenvalue weighted by atomic mass is 9.99. The summed E-state index contributed by atoms with van der Waals surface area (Å²) in [5.41, 5.74) is 0.929. The molecule has 0 bridgehead atoms. The van der Waals surface area contributed by atoms with E-state index in [4.69, 9.17) is 4.74 Å². The first kappa shape index (κ1) is 34.0. The summed E-state index contributed by atoms with van der Waals surface area (Å²) in [7, 11) is 0. The van der Waals surface area contributed by atoms with Gasteiger partial charge in [-0.15, -0.1) is 0 Å². The number of carbonyl (C=O) groups excluding carboxylic acids is 5. The van der Waals surface area contributed by atoms with Gasteiger partial charge in [-0.1, -0.05) is 52.0 Å². The molecule has 0 unspecified atom stereocenters. The number of carbonyl (C=O) groups is 5. The van der Waals surface area contributed by atoms with Crippen molar-refractivity contribution in [3.63, 3.8) is 0 Å². The Kier molecular flexibility index (Phi) is 12.2. The van der Waals surface area contributed by atoms with Gasteiger partial charge < -0.3 is 31.3 Å². The van der Waals surface area contributed by atoms with E-state index < -0.39 is 60.1 Å². The number of nitrogens with one attached hydrogen (secondary N) is 5. The molecule has 4 atom stereocenters. The topological polar surface area (TPSA) is 155 Å². The van der Waals surface area contributed by atoms with Gasteiger partial charge in [0.2, 0.25) is 23.6 Å². The molecular weight excluding hydrogens is 569 g/mol. The van der Waals surface area contributed by atoms with Gasteiger partial charge in [0.05, 0.1) is 18.0 Å². The van der Waals surface area contributed by atoms with Crippen molar-refractivity contribution in [2.45, 2.75) is 71.6 Å². The van der Waals surface area contributed by atoms with Crippen molar-refractivity contribution in [1.82, 2.24) is 26.6 Å². The highest BCUT2D eigenvalue weighted by atomic mass is 19.1. The number of hydrogen-bond acceptors (Lipinski definition) is 6. The summed E-state index contributed by atoms with van der Waals surface area (Å²) in [6, 6.07) is 8.63. The summed E-state index contributed by atoms with van der Waals surface area (Å²) in [6.45, 7) is 9.01. The Labute approximate surface area is 257 Å². The molecule has 5 N–H and O–H groups in total. The molecule has 12 heteroatoms. The van der Waals surface area contributed by atoms with Crippen LogP contribution in [0.2, 0.25) is 0 Å². The molecular formula is C32H42FN5O6. The third kappa shape index (κ3) is 9.78. The largest absolute Gasteiger partial charge is 0.491 e. The molecule has 2 aromatic rings. The van der Waals surface area contributed by atoms with Crippen LogP contribution in [0.15, 0.2) is 48.5 Å². The van der Waals surface area contributed by atoms with E-state index in [1.54, 1.807) is 65.0 Å². The highest BCUT2D eigenvalue weighted by Gasteiger charge is 2.33. The number of para-hydroxylation sites is 1. The average molecular weight is 612 g/mol. The lowest BCUT2D eigenvalue weighted by molar-refractivity contribution is -0.134. The molecule has 0 aliphatic carbocycles. The van der Waals surface area contributed by atoms with Crippen LogP contribution in [0, 0.1) is 17.7 Å². The fourth-order valence-electron chi connectivity index (χ4n) is 4.65. The summed E-state index contributed by atoms with van der Waals surface area (Å²) in [4.78, 5) is 66.4. The maximum absolute atomic E-state index is 13.4. The normalized spacial score (nSPS) is 22.1. The zero-order valence-corrected chi connectivity index (χ0v) is 25.7. The van der Waals surface area contributed by atoms with Gasteiger partial charge in [-0.2, -0.15) is 0 Å². The molecule has 1 heterocycles. The number of rotatable bonds is 6. The smallest absolute Gasteiger partial charge is 0.255 e. The van der Waals surface area contributed by atoms with E-state index in [0.29, 0.717) is 6.42 Å². The summed E-state index contributed by atoms with van der Waals surface area (Å²) in [6.07, 6.45) is -0.0636. The van der Waals surface area contributed by atoms with Crippen molar-refractivity contribution in [3.8, 4) is 5.75 Å². The van der Waals surface area contributed by atoms with Gasteiger partial charge in [0.15, 0.2) is 0 Å². The Morgan fingerprint density at radius 3 is 2.16 bits per heavy atom. The molecule has 1 aliphatic heterocycles. The van der Waals surface area contributed by atoms with E-state index in [1.807, 2.05) is 0 Å². The molecule has 3 rings (SSSR count). The summed E-state index contributed by atoms with van der Waals surface area (Å²) in [5.74, 6) is -3.63. The average Bonchev–Trinajstić information content (AvgIpc) is 2.97. The predicted molar refractivity (Wildman–Crippen MR) is 162 cm³/mol. The molecule has 0 radical (unpaired) electrons. The molecule has 238 valence electrons. The van der Waals surface area contributed by atoms with Gasteiger partial charge in [0, 0.05) is 6.54 Å². The van der Waals surface area contributed by atoms with Gasteiger partial charge in [-0.05, 0) is 55.0 Å². The van der Waals surface area contributed by atoms with Crippen LogP contribution in [0.25, 0.3) is 0 Å². The van der Waals surface area contributed by atoms with Crippen molar-refractivity contribution in [2.75, 3.05) is 13.2 Å². The zero-order chi connectivity index (χ0) is 32.4. The maximum atomic E-state index is 13.4. The second-order valence-corrected chi connectivity index (χ2v) is 11.6. The molecule has 5 amide bonds. The SMILES string of the molecule is CC(C)[C@@H]1NC(=O)C[C@@H](C(=O)NCCc2ccc(F)cc2)NC(=O)c2ccccc2OC[C@H](C)NC(=O)[C@@H](C(C)C)NC1=O. The molecule has 0 aromatic heterocycles. The van der Waals surface area contributed by atoms with Crippen molar-refractivity contribution < 1.29 is 33.1 Å². The standard InChI is InChI=1S/C32H42FN5O6/c1-18(2)27-32(43)38-28(19(3)4)31(42)35-20(5)17-44-25-9-7-6-8-23(25)29(40)36-24(16-26(39)37-27)30(41)34-15-14-21-10-12-22(33)13-11-21/h6-13,18-20,24,27-28H,14-17H2,1-5H3,(H,34,41)(H,35,42)(H,36,40)(H,37,39)(H,38,43)/t20-,24-,27-,28+/m0/s1. The zero-order valence-electron chi connectivity index (χ0n) is 25.7. The highest BCUT2D eigenvalue weighted by molar-refractivity contribution is 6.01. The quantitative estimate of drug-likeness (QED) is 0.336. The Morgan fingerprint density at radius 1 is 0.886 bits per heavy atom. The van der Waals surface area contributed by atoms with Gasteiger partial charge in [0.1, 0.15) is 36.3 Å². The number of ether oxygens (including phenoxy) is 1. The van der Waals surface area contributed by atoms with E-state index in [0.717, 1.165) is 5.56 Å². The first-order valence-corrected chi connectivity index (χ1v) is 14.8. The number of benzene rings is 2. The van der Waals surface area contributed by atoms with Gasteiger partial charge >= 0.3 is 0 Å². The third-order valence-electron chi connectivity index (χ3n) is 7.16. The first-order chi connectivity index (χ1) is 20.8. The maximum Gasteiger partial charge on any atom is 0.255 e. The summed E-state index contributed by atoms with van der Waals surface area (Å²) >= 11 is 0. The van der Waals surface area contributed by atoms with Crippen molar-refractivity contribution in [1.29, 1.82) is 0 Å². The number of fused-ring (bicyclic) bond motifs is 1. The first-order valence-electron chi connectivity index (χ1n) is 14.8. The Hall–Kier alpha value is -4.48. The van der Waals surface area contributed by atoms with Crippen molar-refractivity contribution in [3.05, 3.63) is 65.5 Å². The fourth-order valence-corrected chi connectivity index (χ4v) is 4.65.